The summed E-state index contributed by atoms with van der Waals surface area (Å²) in [6.45, 7) is 1.48. The fourth-order valence-electron chi connectivity index (χ4n) is 3.19. The van der Waals surface area contributed by atoms with Gasteiger partial charge in [-0.25, -0.2) is 4.31 Å². The van der Waals surface area contributed by atoms with Crippen molar-refractivity contribution in [2.75, 3.05) is 28.7 Å². The van der Waals surface area contributed by atoms with Crippen LogP contribution in [0.15, 0.2) is 48.5 Å². The van der Waals surface area contributed by atoms with Crippen LogP contribution in [-0.4, -0.2) is 28.6 Å². The molecule has 0 atom stereocenters. The summed E-state index contributed by atoms with van der Waals surface area (Å²) in [4.78, 5) is 0. The second kappa shape index (κ2) is 8.29. The molecule has 0 spiro atoms. The summed E-state index contributed by atoms with van der Waals surface area (Å²) < 4.78 is 29.3. The summed E-state index contributed by atoms with van der Waals surface area (Å²) in [5.74, 6) is 0. The molecule has 0 fully saturated rings. The number of halogens is 1. The van der Waals surface area contributed by atoms with E-state index in [2.05, 4.69) is 5.32 Å². The van der Waals surface area contributed by atoms with Gasteiger partial charge in [0, 0.05) is 11.6 Å². The van der Waals surface area contributed by atoms with E-state index in [0.717, 1.165) is 37.9 Å². The largest absolute Gasteiger partial charge is 0.330 e. The van der Waals surface area contributed by atoms with Crippen LogP contribution < -0.4 is 13.9 Å². The first-order valence-electron chi connectivity index (χ1n) is 8.88. The zero-order valence-electron chi connectivity index (χ0n) is 14.9. The van der Waals surface area contributed by atoms with E-state index in [1.165, 1.54) is 8.61 Å². The van der Waals surface area contributed by atoms with Crippen LogP contribution in [0.1, 0.15) is 25.7 Å². The Morgan fingerprint density at radius 2 is 1.58 bits per heavy atom. The van der Waals surface area contributed by atoms with E-state index in [9.17, 15) is 8.42 Å². The molecule has 2 aromatic rings. The summed E-state index contributed by atoms with van der Waals surface area (Å²) in [5, 5.41) is 3.71. The Hall–Kier alpha value is -1.76. The first-order valence-corrected chi connectivity index (χ1v) is 10.7. The molecular weight excluding hydrogens is 370 g/mol. The summed E-state index contributed by atoms with van der Waals surface area (Å²) in [5.41, 5.74) is 2.01. The first kappa shape index (κ1) is 19.0. The van der Waals surface area contributed by atoms with Crippen LogP contribution in [-0.2, 0) is 10.2 Å². The highest BCUT2D eigenvalue weighted by Gasteiger charge is 2.40. The van der Waals surface area contributed by atoms with Gasteiger partial charge in [0.2, 0.25) is 0 Å². The molecule has 1 aliphatic rings. The van der Waals surface area contributed by atoms with Gasteiger partial charge in [0.15, 0.2) is 0 Å². The third-order valence-electron chi connectivity index (χ3n) is 4.48. The molecule has 7 heteroatoms. The predicted octanol–water partition coefficient (Wildman–Crippen LogP) is 4.32. The molecule has 5 nitrogen and oxygen atoms in total. The van der Waals surface area contributed by atoms with Gasteiger partial charge in [0.1, 0.15) is 0 Å². The molecule has 0 saturated heterocycles. The van der Waals surface area contributed by atoms with Gasteiger partial charge in [-0.3, -0.25) is 4.31 Å². The lowest BCUT2D eigenvalue weighted by Gasteiger charge is -2.22. The molecule has 0 radical (unpaired) electrons. The van der Waals surface area contributed by atoms with Crippen molar-refractivity contribution < 1.29 is 8.42 Å². The lowest BCUT2D eigenvalue weighted by molar-refractivity contribution is 0.585. The lowest BCUT2D eigenvalue weighted by Crippen LogP contribution is -2.36. The molecule has 140 valence electrons. The molecule has 0 aromatic heterocycles. The zero-order chi connectivity index (χ0) is 18.6. The van der Waals surface area contributed by atoms with E-state index in [0.29, 0.717) is 22.9 Å². The smallest absolute Gasteiger partial charge is 0.320 e. The Morgan fingerprint density at radius 3 is 2.27 bits per heavy atom. The van der Waals surface area contributed by atoms with Gasteiger partial charge < -0.3 is 5.32 Å². The van der Waals surface area contributed by atoms with Crippen molar-refractivity contribution >= 4 is 38.9 Å². The minimum Gasteiger partial charge on any atom is -0.320 e. The molecule has 2 aromatic carbocycles. The number of hydrogen-bond acceptors (Lipinski definition) is 3. The summed E-state index contributed by atoms with van der Waals surface area (Å²) in [6.07, 6.45) is 4.05. The van der Waals surface area contributed by atoms with E-state index < -0.39 is 10.2 Å². The van der Waals surface area contributed by atoms with Crippen molar-refractivity contribution in [1.29, 1.82) is 0 Å². The maximum absolute atomic E-state index is 13.2. The van der Waals surface area contributed by atoms with Gasteiger partial charge in [-0.2, -0.15) is 8.42 Å². The van der Waals surface area contributed by atoms with Crippen molar-refractivity contribution in [1.82, 2.24) is 5.32 Å². The number of benzene rings is 2. The number of nitrogens with one attached hydrogen (secondary N) is 1. The molecule has 0 aliphatic carbocycles. The van der Waals surface area contributed by atoms with Crippen LogP contribution in [0.25, 0.3) is 0 Å². The van der Waals surface area contributed by atoms with E-state index in [4.69, 9.17) is 11.6 Å². The highest BCUT2D eigenvalue weighted by atomic mass is 35.5. The molecule has 0 unspecified atom stereocenters. The average molecular weight is 394 g/mol. The Balaban J connectivity index is 1.82. The number of anilines is 3. The Bertz CT molecular complexity index is 840. The van der Waals surface area contributed by atoms with Crippen molar-refractivity contribution in [3.05, 3.63) is 53.6 Å². The highest BCUT2D eigenvalue weighted by molar-refractivity contribution is 7.95. The highest BCUT2D eigenvalue weighted by Crippen LogP contribution is 2.45. The quantitative estimate of drug-likeness (QED) is 0.679. The molecule has 26 heavy (non-hydrogen) atoms. The van der Waals surface area contributed by atoms with E-state index in [-0.39, 0.29) is 0 Å². The number of rotatable bonds is 8. The second-order valence-corrected chi connectivity index (χ2v) is 8.47. The van der Waals surface area contributed by atoms with Gasteiger partial charge in [-0.15, -0.1) is 0 Å². The third-order valence-corrected chi connectivity index (χ3v) is 6.53. The minimum atomic E-state index is -3.64. The topological polar surface area (TPSA) is 52.6 Å². The summed E-state index contributed by atoms with van der Waals surface area (Å²) >= 11 is 5.96. The van der Waals surface area contributed by atoms with Gasteiger partial charge in [-0.05, 0) is 62.8 Å². The van der Waals surface area contributed by atoms with Crippen LogP contribution in [0.3, 0.4) is 0 Å². The number of para-hydroxylation sites is 2. The molecule has 3 rings (SSSR count). The van der Waals surface area contributed by atoms with Crippen molar-refractivity contribution in [2.24, 2.45) is 0 Å². The fourth-order valence-corrected chi connectivity index (χ4v) is 5.07. The Labute approximate surface area is 160 Å². The van der Waals surface area contributed by atoms with Crippen LogP contribution >= 0.6 is 11.6 Å². The van der Waals surface area contributed by atoms with Crippen molar-refractivity contribution in [3.8, 4) is 0 Å². The maximum atomic E-state index is 13.2. The van der Waals surface area contributed by atoms with Gasteiger partial charge in [0.05, 0.1) is 17.1 Å². The summed E-state index contributed by atoms with van der Waals surface area (Å²) in [7, 11) is -1.70. The Morgan fingerprint density at radius 1 is 0.923 bits per heavy atom. The molecule has 1 heterocycles. The summed E-state index contributed by atoms with van der Waals surface area (Å²) in [6, 6.07) is 14.3. The SMILES string of the molecule is CNCCCCCCN1c2ccccc2N(c2ccc(Cl)cc2)S1(=O)=O. The van der Waals surface area contributed by atoms with Crippen LogP contribution in [0.5, 0.6) is 0 Å². The molecule has 0 amide bonds. The van der Waals surface area contributed by atoms with E-state index in [1.54, 1.807) is 24.3 Å². The Kier molecular flexibility index (Phi) is 6.06. The fraction of sp³-hybridized carbons (Fsp3) is 0.368. The predicted molar refractivity (Wildman–Crippen MR) is 109 cm³/mol. The van der Waals surface area contributed by atoms with Gasteiger partial charge in [-0.1, -0.05) is 36.6 Å². The average Bonchev–Trinajstić information content (AvgIpc) is 2.85. The van der Waals surface area contributed by atoms with Crippen LogP contribution in [0, 0.1) is 0 Å². The molecular formula is C19H24ClN3O2S. The number of hydrogen-bond donors (Lipinski definition) is 1. The minimum absolute atomic E-state index is 0.489. The molecule has 0 saturated carbocycles. The molecule has 1 aliphatic heterocycles. The second-order valence-electron chi connectivity index (χ2n) is 6.33. The van der Waals surface area contributed by atoms with Crippen molar-refractivity contribution in [3.63, 3.8) is 0 Å². The number of fused-ring (bicyclic) bond motifs is 1. The maximum Gasteiger partial charge on any atom is 0.330 e. The standard InChI is InChI=1S/C19H24ClN3O2S/c1-21-14-6-2-3-7-15-22-18-8-4-5-9-19(18)23(26(22,24)25)17-12-10-16(20)11-13-17/h4-5,8-13,21H,2-3,6-7,14-15H2,1H3. The monoisotopic (exact) mass is 393 g/mol. The van der Waals surface area contributed by atoms with Crippen molar-refractivity contribution in [2.45, 2.75) is 25.7 Å². The van der Waals surface area contributed by atoms with Crippen LogP contribution in [0.2, 0.25) is 5.02 Å². The third kappa shape index (κ3) is 3.82. The lowest BCUT2D eigenvalue weighted by atomic mass is 10.2. The molecule has 1 N–H and O–H groups in total. The zero-order valence-corrected chi connectivity index (χ0v) is 16.4. The number of unbranched alkanes of at least 4 members (excludes halogenated alkanes) is 3. The number of nitrogens with zero attached hydrogens (tertiary/aromatic N) is 2. The normalized spacial score (nSPS) is 15.3. The first-order chi connectivity index (χ1) is 12.6. The van der Waals surface area contributed by atoms with E-state index >= 15 is 0 Å². The van der Waals surface area contributed by atoms with E-state index in [1.807, 2.05) is 31.3 Å². The van der Waals surface area contributed by atoms with Gasteiger partial charge in [0.25, 0.3) is 0 Å². The van der Waals surface area contributed by atoms with Crippen LogP contribution in [0.4, 0.5) is 17.1 Å². The van der Waals surface area contributed by atoms with Gasteiger partial charge >= 0.3 is 10.2 Å². The molecule has 0 bridgehead atoms.